The average Bonchev–Trinajstić information content (AvgIpc) is 2.97. The SMILES string of the molecule is C=CCNC(=O)NC(=O)CSc1ncnc2sc3c(c12)CCCC3. The number of carbonyl (C=O) groups excluding carboxylic acids is 2. The van der Waals surface area contributed by atoms with Crippen LogP contribution in [0.15, 0.2) is 24.0 Å². The van der Waals surface area contributed by atoms with Gasteiger partial charge in [-0.2, -0.15) is 0 Å². The number of amides is 3. The number of hydrogen-bond donors (Lipinski definition) is 2. The minimum atomic E-state index is -0.513. The van der Waals surface area contributed by atoms with Gasteiger partial charge in [-0.15, -0.1) is 17.9 Å². The van der Waals surface area contributed by atoms with Crippen molar-refractivity contribution in [1.29, 1.82) is 0 Å². The first-order valence-corrected chi connectivity index (χ1v) is 9.56. The summed E-state index contributed by atoms with van der Waals surface area (Å²) in [7, 11) is 0. The molecular weight excluding hydrogens is 344 g/mol. The second-order valence-corrected chi connectivity index (χ2v) is 7.45. The van der Waals surface area contributed by atoms with Crippen LogP contribution in [0.25, 0.3) is 10.2 Å². The molecule has 0 atom stereocenters. The van der Waals surface area contributed by atoms with Crippen molar-refractivity contribution < 1.29 is 9.59 Å². The van der Waals surface area contributed by atoms with Crippen LogP contribution in [0, 0.1) is 0 Å². The molecule has 6 nitrogen and oxygen atoms in total. The molecule has 0 spiro atoms. The van der Waals surface area contributed by atoms with Crippen molar-refractivity contribution in [3.05, 3.63) is 29.4 Å². The standard InChI is InChI=1S/C16H18N4O2S2/c1-2-7-17-16(22)20-12(21)8-23-14-13-10-5-3-4-6-11(10)24-15(13)19-9-18-14/h2,9H,1,3-8H2,(H2,17,20,21,22). The van der Waals surface area contributed by atoms with E-state index < -0.39 is 6.03 Å². The maximum atomic E-state index is 11.9. The molecule has 3 rings (SSSR count). The number of urea groups is 1. The molecule has 0 aromatic carbocycles. The number of aromatic nitrogens is 2. The van der Waals surface area contributed by atoms with Crippen LogP contribution in [0.3, 0.4) is 0 Å². The first kappa shape index (κ1) is 16.9. The number of thiophene rings is 1. The number of imide groups is 1. The fourth-order valence-electron chi connectivity index (χ4n) is 2.68. The molecule has 0 saturated heterocycles. The predicted molar refractivity (Wildman–Crippen MR) is 96.5 cm³/mol. The molecule has 0 saturated carbocycles. The van der Waals surface area contributed by atoms with Gasteiger partial charge in [-0.05, 0) is 31.2 Å². The van der Waals surface area contributed by atoms with Gasteiger partial charge in [-0.3, -0.25) is 10.1 Å². The van der Waals surface area contributed by atoms with Gasteiger partial charge in [0.2, 0.25) is 5.91 Å². The van der Waals surface area contributed by atoms with Crippen molar-refractivity contribution in [3.63, 3.8) is 0 Å². The Balaban J connectivity index is 1.69. The molecule has 8 heteroatoms. The van der Waals surface area contributed by atoms with Crippen LogP contribution in [0.2, 0.25) is 0 Å². The Kier molecular flexibility index (Phi) is 5.47. The number of nitrogens with zero attached hydrogens (tertiary/aromatic N) is 2. The van der Waals surface area contributed by atoms with E-state index in [-0.39, 0.29) is 11.7 Å². The van der Waals surface area contributed by atoms with E-state index in [9.17, 15) is 9.59 Å². The molecule has 2 aromatic rings. The van der Waals surface area contributed by atoms with Gasteiger partial charge in [-0.25, -0.2) is 14.8 Å². The second-order valence-electron chi connectivity index (χ2n) is 5.41. The van der Waals surface area contributed by atoms with Gasteiger partial charge in [0.25, 0.3) is 0 Å². The average molecular weight is 362 g/mol. The minimum Gasteiger partial charge on any atom is -0.334 e. The number of hydrogen-bond acceptors (Lipinski definition) is 6. The Hall–Kier alpha value is -1.93. The highest BCUT2D eigenvalue weighted by atomic mass is 32.2. The van der Waals surface area contributed by atoms with Crippen molar-refractivity contribution in [1.82, 2.24) is 20.6 Å². The Morgan fingerprint density at radius 3 is 3.00 bits per heavy atom. The van der Waals surface area contributed by atoms with Crippen molar-refractivity contribution in [3.8, 4) is 0 Å². The lowest BCUT2D eigenvalue weighted by molar-refractivity contribution is -0.117. The Morgan fingerprint density at radius 2 is 2.17 bits per heavy atom. The van der Waals surface area contributed by atoms with Crippen LogP contribution in [0.5, 0.6) is 0 Å². The zero-order valence-electron chi connectivity index (χ0n) is 13.1. The summed E-state index contributed by atoms with van der Waals surface area (Å²) in [6.45, 7) is 3.82. The first-order chi connectivity index (χ1) is 11.7. The van der Waals surface area contributed by atoms with Gasteiger partial charge in [0.1, 0.15) is 16.2 Å². The van der Waals surface area contributed by atoms with E-state index in [0.29, 0.717) is 6.54 Å². The summed E-state index contributed by atoms with van der Waals surface area (Å²) in [6.07, 6.45) is 7.65. The zero-order chi connectivity index (χ0) is 16.9. The highest BCUT2D eigenvalue weighted by Gasteiger charge is 2.20. The van der Waals surface area contributed by atoms with E-state index in [4.69, 9.17) is 0 Å². The minimum absolute atomic E-state index is 0.137. The highest BCUT2D eigenvalue weighted by molar-refractivity contribution is 8.00. The van der Waals surface area contributed by atoms with Gasteiger partial charge in [0.15, 0.2) is 0 Å². The number of nitrogens with one attached hydrogen (secondary N) is 2. The molecule has 24 heavy (non-hydrogen) atoms. The van der Waals surface area contributed by atoms with Crippen LogP contribution >= 0.6 is 23.1 Å². The predicted octanol–water partition coefficient (Wildman–Crippen LogP) is 2.67. The Bertz CT molecular complexity index is 788. The summed E-state index contributed by atoms with van der Waals surface area (Å²) in [5, 5.41) is 6.71. The number of thioether (sulfide) groups is 1. The summed E-state index contributed by atoms with van der Waals surface area (Å²) >= 11 is 3.07. The topological polar surface area (TPSA) is 84.0 Å². The van der Waals surface area contributed by atoms with Gasteiger partial charge in [0, 0.05) is 16.8 Å². The number of fused-ring (bicyclic) bond motifs is 3. The van der Waals surface area contributed by atoms with E-state index in [0.717, 1.165) is 28.1 Å². The van der Waals surface area contributed by atoms with E-state index in [1.54, 1.807) is 23.7 Å². The lowest BCUT2D eigenvalue weighted by Crippen LogP contribution is -2.40. The second kappa shape index (κ2) is 7.76. The molecular formula is C16H18N4O2S2. The molecule has 1 aliphatic rings. The van der Waals surface area contributed by atoms with E-state index in [2.05, 4.69) is 27.2 Å². The molecule has 1 aliphatic carbocycles. The van der Waals surface area contributed by atoms with Crippen LogP contribution in [0.4, 0.5) is 4.79 Å². The lowest BCUT2D eigenvalue weighted by atomic mass is 9.97. The monoisotopic (exact) mass is 362 g/mol. The van der Waals surface area contributed by atoms with Crippen LogP contribution < -0.4 is 10.6 Å². The molecule has 2 heterocycles. The summed E-state index contributed by atoms with van der Waals surface area (Å²) in [6, 6.07) is -0.513. The van der Waals surface area contributed by atoms with Gasteiger partial charge in [-0.1, -0.05) is 17.8 Å². The number of aryl methyl sites for hydroxylation is 2. The molecule has 0 unspecified atom stereocenters. The summed E-state index contributed by atoms with van der Waals surface area (Å²) in [4.78, 5) is 34.5. The van der Waals surface area contributed by atoms with Gasteiger partial charge >= 0.3 is 6.03 Å². The maximum absolute atomic E-state index is 11.9. The van der Waals surface area contributed by atoms with Crippen LogP contribution in [-0.4, -0.2) is 34.2 Å². The molecule has 0 radical (unpaired) electrons. The van der Waals surface area contributed by atoms with Crippen LogP contribution in [-0.2, 0) is 17.6 Å². The van der Waals surface area contributed by atoms with Gasteiger partial charge < -0.3 is 5.32 Å². The third-order valence-corrected chi connectivity index (χ3v) is 5.91. The quantitative estimate of drug-likeness (QED) is 0.485. The van der Waals surface area contributed by atoms with Crippen molar-refractivity contribution in [2.24, 2.45) is 0 Å². The Labute approximate surface area is 148 Å². The first-order valence-electron chi connectivity index (χ1n) is 7.75. The molecule has 2 aromatic heterocycles. The van der Waals surface area contributed by atoms with E-state index in [1.165, 1.54) is 35.0 Å². The van der Waals surface area contributed by atoms with Crippen molar-refractivity contribution >= 4 is 45.3 Å². The normalized spacial score (nSPS) is 13.3. The number of rotatable bonds is 5. The fraction of sp³-hybridized carbons (Fsp3) is 0.375. The summed E-state index contributed by atoms with van der Waals surface area (Å²) in [5.41, 5.74) is 1.34. The van der Waals surface area contributed by atoms with E-state index in [1.807, 2.05) is 0 Å². The third kappa shape index (κ3) is 3.76. The molecule has 0 bridgehead atoms. The summed E-state index contributed by atoms with van der Waals surface area (Å²) in [5.74, 6) is -0.212. The van der Waals surface area contributed by atoms with Gasteiger partial charge in [0.05, 0.1) is 5.75 Å². The van der Waals surface area contributed by atoms with Crippen molar-refractivity contribution in [2.45, 2.75) is 30.7 Å². The smallest absolute Gasteiger partial charge is 0.321 e. The van der Waals surface area contributed by atoms with Crippen LogP contribution in [0.1, 0.15) is 23.3 Å². The molecule has 3 amide bonds. The number of carbonyl (C=O) groups is 2. The summed E-state index contributed by atoms with van der Waals surface area (Å²) < 4.78 is 0. The largest absolute Gasteiger partial charge is 0.334 e. The third-order valence-electron chi connectivity index (χ3n) is 3.72. The fourth-order valence-corrected chi connectivity index (χ4v) is 4.80. The van der Waals surface area contributed by atoms with E-state index >= 15 is 0 Å². The lowest BCUT2D eigenvalue weighted by Gasteiger charge is -2.11. The Morgan fingerprint density at radius 1 is 1.33 bits per heavy atom. The van der Waals surface area contributed by atoms with Crippen molar-refractivity contribution in [2.75, 3.05) is 12.3 Å². The highest BCUT2D eigenvalue weighted by Crippen LogP contribution is 2.39. The molecule has 0 aliphatic heterocycles. The maximum Gasteiger partial charge on any atom is 0.321 e. The molecule has 2 N–H and O–H groups in total. The molecule has 126 valence electrons. The zero-order valence-corrected chi connectivity index (χ0v) is 14.8. The molecule has 0 fully saturated rings.